The summed E-state index contributed by atoms with van der Waals surface area (Å²) in [4.78, 5) is 20.6. The Balaban J connectivity index is 1.72. The monoisotopic (exact) mass is 285 g/mol. The molecule has 1 atom stereocenters. The van der Waals surface area contributed by atoms with Crippen LogP contribution in [0.25, 0.3) is 0 Å². The number of amides is 1. The first-order valence-electron chi connectivity index (χ1n) is 6.63. The van der Waals surface area contributed by atoms with Gasteiger partial charge in [-0.2, -0.15) is 0 Å². The molecule has 6 heteroatoms. The highest BCUT2D eigenvalue weighted by Gasteiger charge is 2.27. The Labute approximate surface area is 122 Å². The first-order valence-corrected chi connectivity index (χ1v) is 6.63. The van der Waals surface area contributed by atoms with E-state index in [4.69, 9.17) is 9.47 Å². The highest BCUT2D eigenvalue weighted by Crippen LogP contribution is 2.31. The minimum atomic E-state index is -0.718. The number of ether oxygens (including phenoxy) is 2. The molecule has 21 heavy (non-hydrogen) atoms. The molecule has 0 spiro atoms. The fourth-order valence-electron chi connectivity index (χ4n) is 2.12. The van der Waals surface area contributed by atoms with Crippen LogP contribution in [0.4, 0.5) is 5.95 Å². The summed E-state index contributed by atoms with van der Waals surface area (Å²) < 4.78 is 11.1. The van der Waals surface area contributed by atoms with Gasteiger partial charge in [0.05, 0.1) is 0 Å². The van der Waals surface area contributed by atoms with Gasteiger partial charge in [0.2, 0.25) is 12.1 Å². The predicted molar refractivity (Wildman–Crippen MR) is 76.5 cm³/mol. The predicted octanol–water partition coefficient (Wildman–Crippen LogP) is 1.87. The Morgan fingerprint density at radius 2 is 1.86 bits per heavy atom. The Morgan fingerprint density at radius 1 is 1.19 bits per heavy atom. The van der Waals surface area contributed by atoms with Gasteiger partial charge in [-0.05, 0) is 32.0 Å². The van der Waals surface area contributed by atoms with Crippen molar-refractivity contribution in [1.29, 1.82) is 0 Å². The number of aryl methyl sites for hydroxylation is 2. The Hall–Kier alpha value is -2.63. The number of anilines is 1. The highest BCUT2D eigenvalue weighted by atomic mass is 16.6. The molecule has 0 bridgehead atoms. The molecular formula is C15H15N3O3. The second-order valence-corrected chi connectivity index (χ2v) is 4.83. The van der Waals surface area contributed by atoms with E-state index in [1.165, 1.54) is 0 Å². The molecule has 0 saturated carbocycles. The molecule has 2 heterocycles. The molecule has 1 aliphatic rings. The van der Waals surface area contributed by atoms with Crippen molar-refractivity contribution >= 4 is 11.9 Å². The molecule has 0 radical (unpaired) electrons. The molecule has 1 aliphatic heterocycles. The first kappa shape index (κ1) is 13.4. The van der Waals surface area contributed by atoms with E-state index in [-0.39, 0.29) is 18.5 Å². The van der Waals surface area contributed by atoms with Gasteiger partial charge in [-0.25, -0.2) is 9.97 Å². The normalized spacial score (nSPS) is 16.4. The molecule has 1 unspecified atom stereocenters. The lowest BCUT2D eigenvalue weighted by atomic mass is 10.2. The van der Waals surface area contributed by atoms with E-state index in [1.807, 2.05) is 32.0 Å². The third-order valence-corrected chi connectivity index (χ3v) is 3.02. The van der Waals surface area contributed by atoms with Crippen LogP contribution in [-0.4, -0.2) is 28.6 Å². The number of nitrogens with zero attached hydrogens (tertiary/aromatic N) is 2. The molecule has 2 aromatic rings. The number of benzene rings is 1. The van der Waals surface area contributed by atoms with Gasteiger partial charge in [0.1, 0.15) is 6.61 Å². The van der Waals surface area contributed by atoms with Crippen LogP contribution in [0.1, 0.15) is 11.4 Å². The van der Waals surface area contributed by atoms with Crippen LogP contribution < -0.4 is 14.8 Å². The average molecular weight is 285 g/mol. The molecule has 3 rings (SSSR count). The van der Waals surface area contributed by atoms with Gasteiger partial charge < -0.3 is 9.47 Å². The number of para-hydroxylation sites is 2. The Bertz CT molecular complexity index is 667. The standard InChI is InChI=1S/C15H15N3O3/c1-9-7-10(2)17-15(16-9)18-14(19)13-8-20-11-5-3-4-6-12(11)21-13/h3-7,13H,8H2,1-2H3,(H,16,17,18,19). The maximum absolute atomic E-state index is 12.2. The van der Waals surface area contributed by atoms with E-state index >= 15 is 0 Å². The van der Waals surface area contributed by atoms with Gasteiger partial charge in [-0.1, -0.05) is 12.1 Å². The number of carbonyl (C=O) groups excluding carboxylic acids is 1. The lowest BCUT2D eigenvalue weighted by molar-refractivity contribution is -0.125. The summed E-state index contributed by atoms with van der Waals surface area (Å²) in [6, 6.07) is 9.09. The third kappa shape index (κ3) is 2.94. The zero-order chi connectivity index (χ0) is 14.8. The minimum Gasteiger partial charge on any atom is -0.485 e. The van der Waals surface area contributed by atoms with E-state index in [0.29, 0.717) is 11.5 Å². The van der Waals surface area contributed by atoms with Gasteiger partial charge in [0.15, 0.2) is 11.5 Å². The minimum absolute atomic E-state index is 0.160. The Kier molecular flexibility index (Phi) is 3.43. The summed E-state index contributed by atoms with van der Waals surface area (Å²) in [7, 11) is 0. The quantitative estimate of drug-likeness (QED) is 0.912. The summed E-state index contributed by atoms with van der Waals surface area (Å²) in [6.45, 7) is 3.86. The van der Waals surface area contributed by atoms with Gasteiger partial charge in [0.25, 0.3) is 5.91 Å². The van der Waals surface area contributed by atoms with Crippen LogP contribution in [0.3, 0.4) is 0 Å². The van der Waals surface area contributed by atoms with Crippen LogP contribution in [0, 0.1) is 13.8 Å². The number of fused-ring (bicyclic) bond motifs is 1. The number of hydrogen-bond acceptors (Lipinski definition) is 5. The van der Waals surface area contributed by atoms with Gasteiger partial charge in [0, 0.05) is 11.4 Å². The van der Waals surface area contributed by atoms with E-state index in [9.17, 15) is 4.79 Å². The van der Waals surface area contributed by atoms with Crippen LogP contribution in [0.15, 0.2) is 30.3 Å². The zero-order valence-electron chi connectivity index (χ0n) is 11.8. The van der Waals surface area contributed by atoms with Crippen molar-refractivity contribution < 1.29 is 14.3 Å². The van der Waals surface area contributed by atoms with E-state index in [2.05, 4.69) is 15.3 Å². The second-order valence-electron chi connectivity index (χ2n) is 4.83. The van der Waals surface area contributed by atoms with Gasteiger partial charge >= 0.3 is 0 Å². The van der Waals surface area contributed by atoms with Crippen LogP contribution in [0.5, 0.6) is 11.5 Å². The summed E-state index contributed by atoms with van der Waals surface area (Å²) in [5.74, 6) is 1.16. The molecule has 0 fully saturated rings. The first-order chi connectivity index (χ1) is 10.1. The molecule has 1 amide bonds. The largest absolute Gasteiger partial charge is 0.485 e. The lowest BCUT2D eigenvalue weighted by Crippen LogP contribution is -2.40. The van der Waals surface area contributed by atoms with Crippen molar-refractivity contribution in [3.8, 4) is 11.5 Å². The van der Waals surface area contributed by atoms with Gasteiger partial charge in [-0.15, -0.1) is 0 Å². The fourth-order valence-corrected chi connectivity index (χ4v) is 2.12. The number of rotatable bonds is 2. The maximum Gasteiger partial charge on any atom is 0.271 e. The zero-order valence-corrected chi connectivity index (χ0v) is 11.8. The second kappa shape index (κ2) is 5.40. The van der Waals surface area contributed by atoms with Crippen molar-refractivity contribution in [3.63, 3.8) is 0 Å². The molecule has 0 aliphatic carbocycles. The molecule has 6 nitrogen and oxygen atoms in total. The number of aromatic nitrogens is 2. The molecule has 0 saturated heterocycles. The van der Waals surface area contributed by atoms with Crippen LogP contribution in [0.2, 0.25) is 0 Å². The molecule has 1 aromatic carbocycles. The van der Waals surface area contributed by atoms with Crippen molar-refractivity contribution in [2.75, 3.05) is 11.9 Å². The van der Waals surface area contributed by atoms with Crippen LogP contribution >= 0.6 is 0 Å². The summed E-state index contributed by atoms with van der Waals surface area (Å²) in [5.41, 5.74) is 1.59. The topological polar surface area (TPSA) is 73.3 Å². The smallest absolute Gasteiger partial charge is 0.271 e. The Morgan fingerprint density at radius 3 is 2.57 bits per heavy atom. The van der Waals surface area contributed by atoms with Crippen molar-refractivity contribution in [2.24, 2.45) is 0 Å². The maximum atomic E-state index is 12.2. The molecular weight excluding hydrogens is 270 g/mol. The summed E-state index contributed by atoms with van der Waals surface area (Å²) in [5, 5.41) is 2.66. The van der Waals surface area contributed by atoms with Crippen LogP contribution in [-0.2, 0) is 4.79 Å². The SMILES string of the molecule is Cc1cc(C)nc(NC(=O)C2COc3ccccc3O2)n1. The summed E-state index contributed by atoms with van der Waals surface area (Å²) in [6.07, 6.45) is -0.718. The number of hydrogen-bond donors (Lipinski definition) is 1. The number of carbonyl (C=O) groups is 1. The average Bonchev–Trinajstić information content (AvgIpc) is 2.45. The highest BCUT2D eigenvalue weighted by molar-refractivity contribution is 5.93. The van der Waals surface area contributed by atoms with Crippen molar-refractivity contribution in [1.82, 2.24) is 9.97 Å². The third-order valence-electron chi connectivity index (χ3n) is 3.02. The van der Waals surface area contributed by atoms with Crippen molar-refractivity contribution in [3.05, 3.63) is 41.7 Å². The van der Waals surface area contributed by atoms with Gasteiger partial charge in [-0.3, -0.25) is 10.1 Å². The molecule has 108 valence electrons. The summed E-state index contributed by atoms with van der Waals surface area (Å²) >= 11 is 0. The van der Waals surface area contributed by atoms with E-state index in [0.717, 1.165) is 11.4 Å². The van der Waals surface area contributed by atoms with Crippen molar-refractivity contribution in [2.45, 2.75) is 20.0 Å². The van der Waals surface area contributed by atoms with E-state index in [1.54, 1.807) is 12.1 Å². The number of nitrogens with one attached hydrogen (secondary N) is 1. The lowest BCUT2D eigenvalue weighted by Gasteiger charge is -2.25. The van der Waals surface area contributed by atoms with E-state index < -0.39 is 6.10 Å². The molecule has 1 N–H and O–H groups in total. The molecule has 1 aromatic heterocycles. The fraction of sp³-hybridized carbons (Fsp3) is 0.267.